The second-order valence-corrected chi connectivity index (χ2v) is 15.6. The van der Waals surface area contributed by atoms with Crippen LogP contribution in [0.2, 0.25) is 10.0 Å². The van der Waals surface area contributed by atoms with Gasteiger partial charge in [-0.1, -0.05) is 124 Å². The number of ether oxygens (including phenoxy) is 5. The molecule has 6 aromatic carbocycles. The SMILES string of the molecule is COc1ccc(C(C)(C)C(Cc2cccc(Oc3ccccc3)c2)OC(Cc2cccc(Oc3ccccc3)c2)C(C)(C)c2ccc(OC)c(Cl)c2)cc1Cl. The van der Waals surface area contributed by atoms with E-state index in [4.69, 9.17) is 46.9 Å². The van der Waals surface area contributed by atoms with E-state index in [-0.39, 0.29) is 12.2 Å². The average Bonchev–Trinajstić information content (AvgIpc) is 3.18. The van der Waals surface area contributed by atoms with Crippen molar-refractivity contribution in [1.82, 2.24) is 0 Å². The molecule has 0 aliphatic heterocycles. The van der Waals surface area contributed by atoms with Crippen molar-refractivity contribution in [3.63, 3.8) is 0 Å². The summed E-state index contributed by atoms with van der Waals surface area (Å²) < 4.78 is 31.1. The predicted octanol–water partition coefficient (Wildman–Crippen LogP) is 13.1. The number of hydrogen-bond donors (Lipinski definition) is 0. The molecule has 0 heterocycles. The third-order valence-corrected chi connectivity index (χ3v) is 10.9. The first-order chi connectivity index (χ1) is 26.5. The van der Waals surface area contributed by atoms with E-state index in [2.05, 4.69) is 64.1 Å². The summed E-state index contributed by atoms with van der Waals surface area (Å²) in [5.74, 6) is 4.31. The van der Waals surface area contributed by atoms with Gasteiger partial charge in [0.25, 0.3) is 0 Å². The van der Waals surface area contributed by atoms with E-state index in [1.165, 1.54) is 0 Å². The number of para-hydroxylation sites is 2. The fourth-order valence-corrected chi connectivity index (χ4v) is 7.32. The van der Waals surface area contributed by atoms with Crippen LogP contribution in [0.5, 0.6) is 34.5 Å². The van der Waals surface area contributed by atoms with E-state index >= 15 is 0 Å². The highest BCUT2D eigenvalue weighted by atomic mass is 35.5. The highest BCUT2D eigenvalue weighted by molar-refractivity contribution is 6.32. The minimum absolute atomic E-state index is 0.328. The molecule has 0 radical (unpaired) electrons. The zero-order valence-electron chi connectivity index (χ0n) is 32.2. The predicted molar refractivity (Wildman–Crippen MR) is 224 cm³/mol. The summed E-state index contributed by atoms with van der Waals surface area (Å²) >= 11 is 13.5. The van der Waals surface area contributed by atoms with E-state index in [9.17, 15) is 0 Å². The van der Waals surface area contributed by atoms with Crippen molar-refractivity contribution in [1.29, 1.82) is 0 Å². The second-order valence-electron chi connectivity index (χ2n) is 14.8. The third-order valence-electron chi connectivity index (χ3n) is 10.3. The lowest BCUT2D eigenvalue weighted by Gasteiger charge is -2.43. The highest BCUT2D eigenvalue weighted by Gasteiger charge is 2.40. The maximum Gasteiger partial charge on any atom is 0.137 e. The smallest absolute Gasteiger partial charge is 0.137 e. The van der Waals surface area contributed by atoms with Crippen molar-refractivity contribution in [2.75, 3.05) is 14.2 Å². The second kappa shape index (κ2) is 17.7. The van der Waals surface area contributed by atoms with Crippen molar-refractivity contribution in [2.45, 2.75) is 63.6 Å². The van der Waals surface area contributed by atoms with Crippen molar-refractivity contribution < 1.29 is 23.7 Å². The van der Waals surface area contributed by atoms with Gasteiger partial charge >= 0.3 is 0 Å². The van der Waals surface area contributed by atoms with Crippen LogP contribution in [0.25, 0.3) is 0 Å². The molecule has 0 aliphatic carbocycles. The Hall–Kier alpha value is -4.94. The van der Waals surface area contributed by atoms with Gasteiger partial charge in [-0.15, -0.1) is 0 Å². The molecule has 0 N–H and O–H groups in total. The van der Waals surface area contributed by atoms with E-state index in [1.807, 2.05) is 109 Å². The Morgan fingerprint density at radius 1 is 0.455 bits per heavy atom. The summed E-state index contributed by atoms with van der Waals surface area (Å²) in [6.07, 6.45) is 0.530. The molecule has 2 atom stereocenters. The Morgan fingerprint density at radius 2 is 0.836 bits per heavy atom. The molecule has 0 amide bonds. The van der Waals surface area contributed by atoms with Crippen LogP contribution in [0.4, 0.5) is 0 Å². The summed E-state index contributed by atoms with van der Waals surface area (Å²) in [6.45, 7) is 8.84. The summed E-state index contributed by atoms with van der Waals surface area (Å²) in [4.78, 5) is 0. The van der Waals surface area contributed by atoms with Gasteiger partial charge in [-0.2, -0.15) is 0 Å². The van der Waals surface area contributed by atoms with Crippen LogP contribution in [0.1, 0.15) is 49.9 Å². The number of hydrogen-bond acceptors (Lipinski definition) is 5. The lowest BCUT2D eigenvalue weighted by Crippen LogP contribution is -2.46. The molecule has 7 heteroatoms. The monoisotopic (exact) mass is 774 g/mol. The summed E-state index contributed by atoms with van der Waals surface area (Å²) in [7, 11) is 3.25. The lowest BCUT2D eigenvalue weighted by atomic mass is 9.74. The number of rotatable bonds is 16. The van der Waals surface area contributed by atoms with Gasteiger partial charge in [0.15, 0.2) is 0 Å². The summed E-state index contributed by atoms with van der Waals surface area (Å²) in [6, 6.07) is 48.0. The maximum atomic E-state index is 7.58. The fourth-order valence-electron chi connectivity index (χ4n) is 6.80. The average molecular weight is 776 g/mol. The molecule has 0 spiro atoms. The summed E-state index contributed by atoms with van der Waals surface area (Å²) in [5.41, 5.74) is 3.18. The number of halogens is 2. The van der Waals surface area contributed by atoms with E-state index < -0.39 is 10.8 Å². The molecule has 5 nitrogen and oxygen atoms in total. The molecule has 2 unspecified atom stereocenters. The molecule has 0 bridgehead atoms. The van der Waals surface area contributed by atoms with Gasteiger partial charge in [-0.25, -0.2) is 0 Å². The first-order valence-corrected chi connectivity index (χ1v) is 19.2. The molecule has 6 aromatic rings. The zero-order valence-corrected chi connectivity index (χ0v) is 33.7. The van der Waals surface area contributed by atoms with E-state index in [1.54, 1.807) is 14.2 Å². The summed E-state index contributed by atoms with van der Waals surface area (Å²) in [5, 5.41) is 1.09. The van der Waals surface area contributed by atoms with Crippen LogP contribution in [-0.2, 0) is 28.4 Å². The highest BCUT2D eigenvalue weighted by Crippen LogP contribution is 2.41. The minimum Gasteiger partial charge on any atom is -0.495 e. The quantitative estimate of drug-likeness (QED) is 0.0980. The van der Waals surface area contributed by atoms with E-state index in [0.29, 0.717) is 34.4 Å². The normalized spacial score (nSPS) is 12.8. The Morgan fingerprint density at radius 3 is 1.20 bits per heavy atom. The lowest BCUT2D eigenvalue weighted by molar-refractivity contribution is -0.0753. The number of methoxy groups -OCH3 is 2. The van der Waals surface area contributed by atoms with Crippen molar-refractivity contribution in [3.05, 3.63) is 178 Å². The van der Waals surface area contributed by atoms with Crippen LogP contribution >= 0.6 is 23.2 Å². The number of benzene rings is 6. The topological polar surface area (TPSA) is 46.2 Å². The molecule has 284 valence electrons. The molecular weight excluding hydrogens is 727 g/mol. The Bertz CT molecular complexity index is 2010. The van der Waals surface area contributed by atoms with Crippen LogP contribution in [0.15, 0.2) is 146 Å². The molecule has 0 aliphatic rings. The third kappa shape index (κ3) is 9.84. The Balaban J connectivity index is 1.41. The minimum atomic E-state index is -0.518. The Kier molecular flexibility index (Phi) is 12.8. The molecule has 0 saturated carbocycles. The van der Waals surface area contributed by atoms with Gasteiger partial charge in [0.1, 0.15) is 34.5 Å². The molecule has 0 fully saturated rings. The van der Waals surface area contributed by atoms with Crippen LogP contribution in [0, 0.1) is 0 Å². The van der Waals surface area contributed by atoms with Gasteiger partial charge in [-0.05, 0) is 108 Å². The van der Waals surface area contributed by atoms with Gasteiger partial charge in [0, 0.05) is 10.8 Å². The standard InChI is InChI=1S/C48H48Cl2O5/c1-47(2,35-23-25-43(51-5)41(49)31-35)45(29-33-15-13-21-39(27-33)53-37-17-9-7-10-18-37)55-46(48(3,4)36-24-26-44(52-6)42(50)32-36)30-34-16-14-22-40(28-34)54-38-19-11-8-12-20-38/h7-28,31-32,45-46H,29-30H2,1-6H3. The maximum absolute atomic E-state index is 7.58. The molecule has 6 rings (SSSR count). The Labute approximate surface area is 335 Å². The molecule has 55 heavy (non-hydrogen) atoms. The zero-order chi connectivity index (χ0) is 39.0. The van der Waals surface area contributed by atoms with Crippen molar-refractivity contribution in [2.24, 2.45) is 0 Å². The first-order valence-electron chi connectivity index (χ1n) is 18.4. The van der Waals surface area contributed by atoms with Gasteiger partial charge < -0.3 is 23.7 Å². The molecular formula is C48H48Cl2O5. The fraction of sp³-hybridized carbons (Fsp3) is 0.250. The first kappa shape index (κ1) is 39.7. The van der Waals surface area contributed by atoms with Crippen LogP contribution in [0.3, 0.4) is 0 Å². The van der Waals surface area contributed by atoms with Gasteiger partial charge in [0.05, 0.1) is 36.5 Å². The van der Waals surface area contributed by atoms with Crippen LogP contribution < -0.4 is 18.9 Å². The van der Waals surface area contributed by atoms with Crippen molar-refractivity contribution in [3.8, 4) is 34.5 Å². The van der Waals surface area contributed by atoms with Crippen molar-refractivity contribution >= 4 is 23.2 Å². The van der Waals surface area contributed by atoms with E-state index in [0.717, 1.165) is 45.3 Å². The van der Waals surface area contributed by atoms with Gasteiger partial charge in [0.2, 0.25) is 0 Å². The van der Waals surface area contributed by atoms with Crippen LogP contribution in [-0.4, -0.2) is 26.4 Å². The largest absolute Gasteiger partial charge is 0.495 e. The van der Waals surface area contributed by atoms with Gasteiger partial charge in [-0.3, -0.25) is 0 Å². The molecule has 0 aromatic heterocycles. The molecule has 0 saturated heterocycles.